The zero-order chi connectivity index (χ0) is 18.2. The Morgan fingerprint density at radius 1 is 1.08 bits per heavy atom. The van der Waals surface area contributed by atoms with Gasteiger partial charge in [-0.15, -0.1) is 11.8 Å². The van der Waals surface area contributed by atoms with E-state index >= 15 is 0 Å². The van der Waals surface area contributed by atoms with Gasteiger partial charge < -0.3 is 10.1 Å². The number of thioether (sulfide) groups is 1. The first-order valence-corrected chi connectivity index (χ1v) is 9.25. The topological polar surface area (TPSA) is 55.4 Å². The van der Waals surface area contributed by atoms with Gasteiger partial charge in [0.25, 0.3) is 0 Å². The zero-order valence-electron chi connectivity index (χ0n) is 14.8. The van der Waals surface area contributed by atoms with Crippen LogP contribution < -0.4 is 5.32 Å². The molecule has 0 atom stereocenters. The minimum Gasteiger partial charge on any atom is -0.462 e. The normalized spacial score (nSPS) is 10.4. The van der Waals surface area contributed by atoms with Crippen LogP contribution in [-0.4, -0.2) is 24.2 Å². The Kier molecular flexibility index (Phi) is 7.07. The molecule has 0 aromatic heterocycles. The molecule has 2 aromatic carbocycles. The van der Waals surface area contributed by atoms with E-state index < -0.39 is 0 Å². The molecule has 0 saturated heterocycles. The molecule has 25 heavy (non-hydrogen) atoms. The summed E-state index contributed by atoms with van der Waals surface area (Å²) in [6.07, 6.45) is 0.428. The first-order chi connectivity index (χ1) is 12.0. The fourth-order valence-corrected chi connectivity index (χ4v) is 3.11. The molecular formula is C20H23NO3S. The van der Waals surface area contributed by atoms with Crippen molar-refractivity contribution in [3.63, 3.8) is 0 Å². The third-order valence-corrected chi connectivity index (χ3v) is 4.64. The van der Waals surface area contributed by atoms with Crippen LogP contribution in [0.15, 0.2) is 47.4 Å². The van der Waals surface area contributed by atoms with Crippen LogP contribution in [-0.2, 0) is 9.53 Å². The molecule has 4 nitrogen and oxygen atoms in total. The number of amides is 1. The number of anilines is 1. The van der Waals surface area contributed by atoms with Crippen molar-refractivity contribution in [3.8, 4) is 0 Å². The van der Waals surface area contributed by atoms with E-state index in [1.165, 1.54) is 5.56 Å². The van der Waals surface area contributed by atoms with Crippen molar-refractivity contribution in [2.45, 2.75) is 32.1 Å². The highest BCUT2D eigenvalue weighted by molar-refractivity contribution is 7.99. The van der Waals surface area contributed by atoms with Crippen molar-refractivity contribution < 1.29 is 14.3 Å². The molecule has 0 aliphatic carbocycles. The maximum atomic E-state index is 12.1. The zero-order valence-corrected chi connectivity index (χ0v) is 15.6. The Hall–Kier alpha value is -2.27. The molecule has 0 aliphatic heterocycles. The van der Waals surface area contributed by atoms with E-state index in [9.17, 15) is 9.59 Å². The van der Waals surface area contributed by atoms with Crippen LogP contribution in [0.4, 0.5) is 5.69 Å². The van der Waals surface area contributed by atoms with Gasteiger partial charge >= 0.3 is 5.97 Å². The number of hydrogen-bond acceptors (Lipinski definition) is 4. The SMILES string of the molecule is CCOC(=O)c1ccc(NC(=O)CCSc2ccc(C)cc2)c(C)c1. The number of aryl methyl sites for hydroxylation is 2. The third kappa shape index (κ3) is 5.94. The van der Waals surface area contributed by atoms with Crippen molar-refractivity contribution >= 4 is 29.3 Å². The number of benzene rings is 2. The smallest absolute Gasteiger partial charge is 0.338 e. The predicted molar refractivity (Wildman–Crippen MR) is 102 cm³/mol. The quantitative estimate of drug-likeness (QED) is 0.581. The van der Waals surface area contributed by atoms with Crippen LogP contribution in [0.25, 0.3) is 0 Å². The third-order valence-electron chi connectivity index (χ3n) is 3.63. The monoisotopic (exact) mass is 357 g/mol. The minimum absolute atomic E-state index is 0.0356. The van der Waals surface area contributed by atoms with Crippen LogP contribution in [0.1, 0.15) is 34.8 Å². The van der Waals surface area contributed by atoms with Gasteiger partial charge in [0.1, 0.15) is 0 Å². The molecule has 0 radical (unpaired) electrons. The molecule has 0 spiro atoms. The van der Waals surface area contributed by atoms with Crippen LogP contribution >= 0.6 is 11.8 Å². The fraction of sp³-hybridized carbons (Fsp3) is 0.300. The molecule has 0 fully saturated rings. The number of ether oxygens (including phenoxy) is 1. The lowest BCUT2D eigenvalue weighted by Crippen LogP contribution is -2.13. The Morgan fingerprint density at radius 3 is 2.44 bits per heavy atom. The van der Waals surface area contributed by atoms with Crippen molar-refractivity contribution in [2.75, 3.05) is 17.7 Å². The average molecular weight is 357 g/mol. The van der Waals surface area contributed by atoms with Crippen LogP contribution in [0, 0.1) is 13.8 Å². The molecule has 5 heteroatoms. The molecule has 0 bridgehead atoms. The summed E-state index contributed by atoms with van der Waals surface area (Å²) in [6.45, 7) is 6.03. The summed E-state index contributed by atoms with van der Waals surface area (Å²) in [7, 11) is 0. The van der Waals surface area contributed by atoms with Gasteiger partial charge in [0.05, 0.1) is 12.2 Å². The van der Waals surface area contributed by atoms with Gasteiger partial charge in [-0.1, -0.05) is 17.7 Å². The lowest BCUT2D eigenvalue weighted by atomic mass is 10.1. The second kappa shape index (κ2) is 9.28. The highest BCUT2D eigenvalue weighted by atomic mass is 32.2. The van der Waals surface area contributed by atoms with Gasteiger partial charge in [-0.2, -0.15) is 0 Å². The maximum Gasteiger partial charge on any atom is 0.338 e. The molecule has 1 N–H and O–H groups in total. The summed E-state index contributed by atoms with van der Waals surface area (Å²) in [5.74, 6) is 0.332. The van der Waals surface area contributed by atoms with E-state index in [-0.39, 0.29) is 11.9 Å². The number of carbonyl (C=O) groups excluding carboxylic acids is 2. The van der Waals surface area contributed by atoms with Gasteiger partial charge in [0, 0.05) is 22.8 Å². The van der Waals surface area contributed by atoms with E-state index in [1.807, 2.05) is 6.92 Å². The van der Waals surface area contributed by atoms with Crippen molar-refractivity contribution in [2.24, 2.45) is 0 Å². The molecule has 2 rings (SSSR count). The molecule has 132 valence electrons. The lowest BCUT2D eigenvalue weighted by Gasteiger charge is -2.10. The van der Waals surface area contributed by atoms with E-state index in [4.69, 9.17) is 4.74 Å². The van der Waals surface area contributed by atoms with Gasteiger partial charge in [-0.25, -0.2) is 4.79 Å². The van der Waals surface area contributed by atoms with Gasteiger partial charge in [0.2, 0.25) is 5.91 Å². The first kappa shape index (κ1) is 19.1. The van der Waals surface area contributed by atoms with Gasteiger partial charge in [-0.05, 0) is 56.7 Å². The number of hydrogen-bond donors (Lipinski definition) is 1. The predicted octanol–water partition coefficient (Wildman–Crippen LogP) is 4.60. The minimum atomic E-state index is -0.349. The van der Waals surface area contributed by atoms with Crippen LogP contribution in [0.3, 0.4) is 0 Å². The van der Waals surface area contributed by atoms with E-state index in [1.54, 1.807) is 36.9 Å². The standard InChI is InChI=1S/C20H23NO3S/c1-4-24-20(23)16-7-10-18(15(3)13-16)21-19(22)11-12-25-17-8-5-14(2)6-9-17/h5-10,13H,4,11-12H2,1-3H3,(H,21,22). The number of rotatable bonds is 7. The second-order valence-electron chi connectivity index (χ2n) is 5.71. The largest absolute Gasteiger partial charge is 0.462 e. The Labute approximate surface area is 153 Å². The number of nitrogens with one attached hydrogen (secondary N) is 1. The number of esters is 1. The molecule has 0 aliphatic rings. The van der Waals surface area contributed by atoms with Crippen molar-refractivity contribution in [1.82, 2.24) is 0 Å². The van der Waals surface area contributed by atoms with E-state index in [0.717, 1.165) is 21.9 Å². The molecule has 1 amide bonds. The molecule has 0 unspecified atom stereocenters. The Morgan fingerprint density at radius 2 is 1.80 bits per heavy atom. The summed E-state index contributed by atoms with van der Waals surface area (Å²) < 4.78 is 4.98. The summed E-state index contributed by atoms with van der Waals surface area (Å²) in [5, 5.41) is 2.90. The molecule has 0 heterocycles. The molecule has 2 aromatic rings. The fourth-order valence-electron chi connectivity index (χ4n) is 2.25. The first-order valence-electron chi connectivity index (χ1n) is 8.26. The lowest BCUT2D eigenvalue weighted by molar-refractivity contribution is -0.115. The van der Waals surface area contributed by atoms with Crippen LogP contribution in [0.2, 0.25) is 0 Å². The van der Waals surface area contributed by atoms with Gasteiger partial charge in [0.15, 0.2) is 0 Å². The Bertz CT molecular complexity index is 741. The second-order valence-corrected chi connectivity index (χ2v) is 6.88. The number of carbonyl (C=O) groups is 2. The Balaban J connectivity index is 1.85. The van der Waals surface area contributed by atoms with Crippen molar-refractivity contribution in [1.29, 1.82) is 0 Å². The van der Waals surface area contributed by atoms with E-state index in [2.05, 4.69) is 36.5 Å². The summed E-state index contributed by atoms with van der Waals surface area (Å²) in [5.41, 5.74) is 3.28. The van der Waals surface area contributed by atoms with Crippen LogP contribution in [0.5, 0.6) is 0 Å². The molecular weight excluding hydrogens is 334 g/mol. The highest BCUT2D eigenvalue weighted by Crippen LogP contribution is 2.21. The highest BCUT2D eigenvalue weighted by Gasteiger charge is 2.10. The average Bonchev–Trinajstić information content (AvgIpc) is 2.58. The molecule has 0 saturated carbocycles. The van der Waals surface area contributed by atoms with E-state index in [0.29, 0.717) is 18.6 Å². The summed E-state index contributed by atoms with van der Waals surface area (Å²) in [6, 6.07) is 13.4. The maximum absolute atomic E-state index is 12.1. The van der Waals surface area contributed by atoms with Crippen molar-refractivity contribution in [3.05, 3.63) is 59.2 Å². The summed E-state index contributed by atoms with van der Waals surface area (Å²) >= 11 is 1.66. The van der Waals surface area contributed by atoms with Gasteiger partial charge in [-0.3, -0.25) is 4.79 Å². The summed E-state index contributed by atoms with van der Waals surface area (Å²) in [4.78, 5) is 25.0.